The van der Waals surface area contributed by atoms with Crippen LogP contribution in [0, 0.1) is 0 Å². The van der Waals surface area contributed by atoms with Gasteiger partial charge in [0, 0.05) is 24.7 Å². The third-order valence-corrected chi connectivity index (χ3v) is 3.34. The fourth-order valence-corrected chi connectivity index (χ4v) is 1.57. The Morgan fingerprint density at radius 3 is 2.32 bits per heavy atom. The molecule has 19 heavy (non-hydrogen) atoms. The number of rotatable bonds is 5. The van der Waals surface area contributed by atoms with E-state index in [2.05, 4.69) is 0 Å². The Balaban J connectivity index is 3.07. The zero-order valence-corrected chi connectivity index (χ0v) is 12.2. The van der Waals surface area contributed by atoms with Crippen LogP contribution in [0.15, 0.2) is 18.2 Å². The topological polar surface area (TPSA) is 64.8 Å². The molecule has 1 amide bonds. The number of nitrogens with zero attached hydrogens (tertiary/aromatic N) is 1. The average Bonchev–Trinajstić information content (AvgIpc) is 2.44. The van der Waals surface area contributed by atoms with Crippen molar-refractivity contribution in [2.24, 2.45) is 5.73 Å². The van der Waals surface area contributed by atoms with Crippen molar-refractivity contribution in [3.8, 4) is 11.5 Å². The first-order chi connectivity index (χ1) is 8.87. The molecule has 0 unspecified atom stereocenters. The van der Waals surface area contributed by atoms with Crippen LogP contribution in [0.2, 0.25) is 0 Å². The molecule has 5 nitrogen and oxygen atoms in total. The van der Waals surface area contributed by atoms with Crippen LogP contribution >= 0.6 is 0 Å². The summed E-state index contributed by atoms with van der Waals surface area (Å²) in [5.41, 5.74) is 5.83. The van der Waals surface area contributed by atoms with Crippen molar-refractivity contribution in [3.05, 3.63) is 23.8 Å². The van der Waals surface area contributed by atoms with E-state index < -0.39 is 5.54 Å². The summed E-state index contributed by atoms with van der Waals surface area (Å²) < 4.78 is 10.3. The maximum atomic E-state index is 12.4. The summed E-state index contributed by atoms with van der Waals surface area (Å²) in [5.74, 6) is 1.03. The molecule has 0 saturated heterocycles. The predicted octanol–water partition coefficient (Wildman–Crippen LogP) is 1.51. The molecule has 5 heteroatoms. The van der Waals surface area contributed by atoms with Crippen molar-refractivity contribution in [2.45, 2.75) is 19.4 Å². The van der Waals surface area contributed by atoms with Crippen LogP contribution in [0.3, 0.4) is 0 Å². The second-order valence-corrected chi connectivity index (χ2v) is 4.95. The van der Waals surface area contributed by atoms with E-state index in [1.807, 2.05) is 13.8 Å². The Kier molecular flexibility index (Phi) is 4.78. The predicted molar refractivity (Wildman–Crippen MR) is 74.8 cm³/mol. The van der Waals surface area contributed by atoms with Gasteiger partial charge in [-0.1, -0.05) is 0 Å². The molecule has 106 valence electrons. The minimum Gasteiger partial charge on any atom is -0.493 e. The zero-order valence-electron chi connectivity index (χ0n) is 12.2. The quantitative estimate of drug-likeness (QED) is 0.877. The van der Waals surface area contributed by atoms with Gasteiger partial charge in [0.2, 0.25) is 0 Å². The molecular weight excluding hydrogens is 244 g/mol. The molecule has 0 aromatic heterocycles. The molecule has 0 heterocycles. The molecule has 1 rings (SSSR count). The third-order valence-electron chi connectivity index (χ3n) is 3.34. The van der Waals surface area contributed by atoms with Crippen LogP contribution in [-0.2, 0) is 0 Å². The fraction of sp³-hybridized carbons (Fsp3) is 0.500. The van der Waals surface area contributed by atoms with Crippen LogP contribution in [0.5, 0.6) is 11.5 Å². The fourth-order valence-electron chi connectivity index (χ4n) is 1.57. The monoisotopic (exact) mass is 266 g/mol. The van der Waals surface area contributed by atoms with Gasteiger partial charge in [-0.25, -0.2) is 0 Å². The van der Waals surface area contributed by atoms with Crippen molar-refractivity contribution >= 4 is 5.91 Å². The van der Waals surface area contributed by atoms with Crippen molar-refractivity contribution in [1.29, 1.82) is 0 Å². The number of carbonyl (C=O) groups excluding carboxylic acids is 1. The van der Waals surface area contributed by atoms with Crippen molar-refractivity contribution in [1.82, 2.24) is 4.90 Å². The van der Waals surface area contributed by atoms with Gasteiger partial charge in [-0.15, -0.1) is 0 Å². The Morgan fingerprint density at radius 2 is 1.84 bits per heavy atom. The Hall–Kier alpha value is -1.75. The number of nitrogens with two attached hydrogens (primary N) is 1. The van der Waals surface area contributed by atoms with E-state index in [4.69, 9.17) is 15.2 Å². The second kappa shape index (κ2) is 5.93. The lowest BCUT2D eigenvalue weighted by Crippen LogP contribution is -2.50. The molecular formula is C14H22N2O3. The van der Waals surface area contributed by atoms with Crippen LogP contribution in [0.4, 0.5) is 0 Å². The lowest BCUT2D eigenvalue weighted by molar-refractivity contribution is 0.0640. The van der Waals surface area contributed by atoms with Gasteiger partial charge in [-0.05, 0) is 32.0 Å². The lowest BCUT2D eigenvalue weighted by atomic mass is 10.0. The highest BCUT2D eigenvalue weighted by Gasteiger charge is 2.27. The van der Waals surface area contributed by atoms with E-state index in [-0.39, 0.29) is 5.91 Å². The highest BCUT2D eigenvalue weighted by Crippen LogP contribution is 2.28. The molecule has 0 fully saturated rings. The maximum Gasteiger partial charge on any atom is 0.254 e. The molecule has 0 radical (unpaired) electrons. The summed E-state index contributed by atoms with van der Waals surface area (Å²) in [4.78, 5) is 14.0. The Labute approximate surface area is 114 Å². The third kappa shape index (κ3) is 3.17. The van der Waals surface area contributed by atoms with Crippen molar-refractivity contribution in [3.63, 3.8) is 0 Å². The van der Waals surface area contributed by atoms with Gasteiger partial charge < -0.3 is 20.1 Å². The first kappa shape index (κ1) is 15.3. The smallest absolute Gasteiger partial charge is 0.254 e. The molecule has 0 atom stereocenters. The molecule has 0 aliphatic heterocycles. The summed E-state index contributed by atoms with van der Waals surface area (Å²) in [6, 6.07) is 5.10. The number of benzene rings is 1. The molecule has 0 aliphatic carbocycles. The molecule has 1 aromatic rings. The number of hydrogen-bond donors (Lipinski definition) is 1. The molecule has 0 aliphatic rings. The van der Waals surface area contributed by atoms with E-state index >= 15 is 0 Å². The minimum absolute atomic E-state index is 0.101. The summed E-state index contributed by atoms with van der Waals surface area (Å²) in [7, 11) is 4.84. The molecule has 2 N–H and O–H groups in total. The molecule has 1 aromatic carbocycles. The largest absolute Gasteiger partial charge is 0.493 e. The average molecular weight is 266 g/mol. The van der Waals surface area contributed by atoms with E-state index in [0.29, 0.717) is 23.6 Å². The van der Waals surface area contributed by atoms with Gasteiger partial charge >= 0.3 is 0 Å². The van der Waals surface area contributed by atoms with E-state index in [1.165, 1.54) is 0 Å². The van der Waals surface area contributed by atoms with E-state index in [9.17, 15) is 4.79 Å². The Morgan fingerprint density at radius 1 is 1.26 bits per heavy atom. The van der Waals surface area contributed by atoms with E-state index in [0.717, 1.165) is 0 Å². The summed E-state index contributed by atoms with van der Waals surface area (Å²) in [6.45, 7) is 4.24. The summed E-state index contributed by atoms with van der Waals surface area (Å²) in [6.07, 6.45) is 0. The van der Waals surface area contributed by atoms with Crippen LogP contribution in [-0.4, -0.2) is 44.2 Å². The van der Waals surface area contributed by atoms with Crippen molar-refractivity contribution < 1.29 is 14.3 Å². The first-order valence-electron chi connectivity index (χ1n) is 6.07. The standard InChI is InChI=1S/C14H22N2O3/c1-14(2,9-15)16(3)13(17)10-6-7-11(18-4)12(8-10)19-5/h6-8H,9,15H2,1-5H3. The Bertz CT molecular complexity index is 458. The molecule has 0 bridgehead atoms. The first-order valence-corrected chi connectivity index (χ1v) is 6.07. The zero-order chi connectivity index (χ0) is 14.6. The lowest BCUT2D eigenvalue weighted by Gasteiger charge is -2.34. The number of hydrogen-bond acceptors (Lipinski definition) is 4. The summed E-state index contributed by atoms with van der Waals surface area (Å²) in [5, 5.41) is 0. The number of methoxy groups -OCH3 is 2. The number of amides is 1. The van der Waals surface area contributed by atoms with Gasteiger partial charge in [0.1, 0.15) is 0 Å². The number of carbonyl (C=O) groups is 1. The normalized spacial score (nSPS) is 11.1. The van der Waals surface area contributed by atoms with Gasteiger partial charge in [0.25, 0.3) is 5.91 Å². The molecule has 0 spiro atoms. The molecule has 0 saturated carbocycles. The van der Waals surface area contributed by atoms with E-state index in [1.54, 1.807) is 44.4 Å². The highest BCUT2D eigenvalue weighted by atomic mass is 16.5. The van der Waals surface area contributed by atoms with Crippen molar-refractivity contribution in [2.75, 3.05) is 27.8 Å². The highest BCUT2D eigenvalue weighted by molar-refractivity contribution is 5.95. The van der Waals surface area contributed by atoms with Crippen LogP contribution in [0.25, 0.3) is 0 Å². The second-order valence-electron chi connectivity index (χ2n) is 4.95. The maximum absolute atomic E-state index is 12.4. The number of ether oxygens (including phenoxy) is 2. The summed E-state index contributed by atoms with van der Waals surface area (Å²) >= 11 is 0. The van der Waals surface area contributed by atoms with Gasteiger partial charge in [0.05, 0.1) is 14.2 Å². The van der Waals surface area contributed by atoms with Gasteiger partial charge in [-0.2, -0.15) is 0 Å². The van der Waals surface area contributed by atoms with Gasteiger partial charge in [-0.3, -0.25) is 4.79 Å². The van der Waals surface area contributed by atoms with Crippen LogP contribution < -0.4 is 15.2 Å². The van der Waals surface area contributed by atoms with Gasteiger partial charge in [0.15, 0.2) is 11.5 Å². The SMILES string of the molecule is COc1ccc(C(=O)N(C)C(C)(C)CN)cc1OC. The minimum atomic E-state index is -0.399. The van der Waals surface area contributed by atoms with Crippen LogP contribution in [0.1, 0.15) is 24.2 Å². The number of likely N-dealkylation sites (N-methyl/N-ethyl adjacent to an activating group) is 1.